The Labute approximate surface area is 183 Å². The lowest BCUT2D eigenvalue weighted by Gasteiger charge is -2.05. The van der Waals surface area contributed by atoms with Gasteiger partial charge in [-0.25, -0.2) is 9.78 Å². The Balaban J connectivity index is 1.35. The van der Waals surface area contributed by atoms with Crippen molar-refractivity contribution in [2.75, 3.05) is 0 Å². The Morgan fingerprint density at radius 2 is 1.77 bits per heavy atom. The minimum atomic E-state index is -0.991. The van der Waals surface area contributed by atoms with E-state index in [1.165, 1.54) is 17.4 Å². The first-order chi connectivity index (χ1) is 15.1. The Hall–Kier alpha value is -3.71. The van der Waals surface area contributed by atoms with E-state index in [-0.39, 0.29) is 24.4 Å². The number of carboxylic acids is 1. The molecule has 0 spiro atoms. The summed E-state index contributed by atoms with van der Waals surface area (Å²) in [6.45, 7) is 0.756. The van der Waals surface area contributed by atoms with Crippen LogP contribution in [0, 0.1) is 0 Å². The first-order valence-corrected chi connectivity index (χ1v) is 10.5. The van der Waals surface area contributed by atoms with Crippen LogP contribution < -0.4 is 10.1 Å². The summed E-state index contributed by atoms with van der Waals surface area (Å²) in [5.41, 5.74) is 2.85. The van der Waals surface area contributed by atoms with E-state index in [4.69, 9.17) is 9.84 Å². The highest BCUT2D eigenvalue weighted by Crippen LogP contribution is 2.27. The van der Waals surface area contributed by atoms with Gasteiger partial charge in [0.1, 0.15) is 17.4 Å². The second kappa shape index (κ2) is 9.40. The molecule has 0 bridgehead atoms. The van der Waals surface area contributed by atoms with Gasteiger partial charge < -0.3 is 15.2 Å². The van der Waals surface area contributed by atoms with E-state index >= 15 is 0 Å². The van der Waals surface area contributed by atoms with Gasteiger partial charge in [-0.05, 0) is 41.5 Å². The summed E-state index contributed by atoms with van der Waals surface area (Å²) in [5.74, 6) is -0.399. The molecule has 0 saturated carbocycles. The van der Waals surface area contributed by atoms with Crippen molar-refractivity contribution in [3.05, 3.63) is 94.5 Å². The zero-order chi connectivity index (χ0) is 21.6. The lowest BCUT2D eigenvalue weighted by Crippen LogP contribution is -2.24. The molecule has 4 aromatic rings. The maximum atomic E-state index is 12.3. The first-order valence-electron chi connectivity index (χ1n) is 9.72. The molecular weight excluding hydrogens is 412 g/mol. The van der Waals surface area contributed by atoms with Crippen molar-refractivity contribution in [3.8, 4) is 5.75 Å². The number of carbonyl (C=O) groups is 2. The van der Waals surface area contributed by atoms with Crippen LogP contribution >= 0.6 is 11.3 Å². The molecule has 0 aliphatic heterocycles. The van der Waals surface area contributed by atoms with Crippen LogP contribution in [0.3, 0.4) is 0 Å². The van der Waals surface area contributed by atoms with Crippen molar-refractivity contribution in [3.63, 3.8) is 0 Å². The minimum Gasteiger partial charge on any atom is -0.489 e. The van der Waals surface area contributed by atoms with Gasteiger partial charge in [-0.1, -0.05) is 42.5 Å². The molecule has 1 amide bonds. The van der Waals surface area contributed by atoms with Gasteiger partial charge in [0.25, 0.3) is 0 Å². The van der Waals surface area contributed by atoms with Gasteiger partial charge in [-0.3, -0.25) is 4.79 Å². The highest BCUT2D eigenvalue weighted by Gasteiger charge is 2.11. The van der Waals surface area contributed by atoms with Gasteiger partial charge >= 0.3 is 5.97 Å². The number of carboxylic acid groups (broad SMARTS) is 1. The number of aromatic carboxylic acids is 1. The molecule has 0 aliphatic rings. The molecule has 0 unspecified atom stereocenters. The van der Waals surface area contributed by atoms with Crippen LogP contribution in [-0.2, 0) is 24.4 Å². The van der Waals surface area contributed by atoms with E-state index in [1.807, 2.05) is 48.5 Å². The molecule has 0 saturated heterocycles. The Kier molecular flexibility index (Phi) is 6.24. The van der Waals surface area contributed by atoms with Crippen molar-refractivity contribution in [1.82, 2.24) is 10.3 Å². The van der Waals surface area contributed by atoms with Gasteiger partial charge in [0.15, 0.2) is 0 Å². The van der Waals surface area contributed by atoms with Gasteiger partial charge in [-0.15, -0.1) is 11.3 Å². The average Bonchev–Trinajstić information content (AvgIpc) is 3.18. The van der Waals surface area contributed by atoms with Crippen LogP contribution in [0.25, 0.3) is 10.2 Å². The number of rotatable bonds is 8. The maximum absolute atomic E-state index is 12.3. The van der Waals surface area contributed by atoms with Crippen molar-refractivity contribution in [2.45, 2.75) is 19.6 Å². The predicted octanol–water partition coefficient (Wildman–Crippen LogP) is 4.43. The lowest BCUT2D eigenvalue weighted by molar-refractivity contribution is -0.120. The SMILES string of the molecule is O=C(Cc1nc2ccc(OCc3ccccc3)cc2s1)NCc1cccc(C(=O)O)c1. The summed E-state index contributed by atoms with van der Waals surface area (Å²) >= 11 is 1.46. The zero-order valence-corrected chi connectivity index (χ0v) is 17.4. The number of hydrogen-bond acceptors (Lipinski definition) is 5. The molecule has 1 aromatic heterocycles. The van der Waals surface area contributed by atoms with E-state index in [9.17, 15) is 9.59 Å². The number of aromatic nitrogens is 1. The van der Waals surface area contributed by atoms with Crippen molar-refractivity contribution < 1.29 is 19.4 Å². The predicted molar refractivity (Wildman–Crippen MR) is 119 cm³/mol. The fourth-order valence-electron chi connectivity index (χ4n) is 3.07. The molecule has 0 aliphatic carbocycles. The molecule has 7 heteroatoms. The molecule has 3 aromatic carbocycles. The highest BCUT2D eigenvalue weighted by atomic mass is 32.1. The van der Waals surface area contributed by atoms with Crippen LogP contribution in [-0.4, -0.2) is 22.0 Å². The molecule has 4 rings (SSSR count). The van der Waals surface area contributed by atoms with E-state index in [0.717, 1.165) is 27.1 Å². The van der Waals surface area contributed by atoms with Gasteiger partial charge in [0, 0.05) is 6.54 Å². The van der Waals surface area contributed by atoms with E-state index < -0.39 is 5.97 Å². The molecule has 0 fully saturated rings. The number of carbonyl (C=O) groups excluding carboxylic acids is 1. The fraction of sp³-hybridized carbons (Fsp3) is 0.125. The van der Waals surface area contributed by atoms with Gasteiger partial charge in [-0.2, -0.15) is 0 Å². The molecule has 6 nitrogen and oxygen atoms in total. The number of nitrogens with zero attached hydrogens (tertiary/aromatic N) is 1. The standard InChI is InChI=1S/C24H20N2O4S/c27-22(25-14-17-7-4-8-18(11-17)24(28)29)13-23-26-20-10-9-19(12-21(20)31-23)30-15-16-5-2-1-3-6-16/h1-12H,13-15H2,(H,25,27)(H,28,29). The van der Waals surface area contributed by atoms with Gasteiger partial charge in [0.05, 0.1) is 22.2 Å². The number of fused-ring (bicyclic) bond motifs is 1. The number of hydrogen-bond donors (Lipinski definition) is 2. The molecular formula is C24H20N2O4S. The molecule has 156 valence electrons. The number of thiazole rings is 1. The number of nitrogens with one attached hydrogen (secondary N) is 1. The summed E-state index contributed by atoms with van der Waals surface area (Å²) in [6, 6.07) is 22.2. The third-order valence-electron chi connectivity index (χ3n) is 4.63. The van der Waals surface area contributed by atoms with E-state index in [1.54, 1.807) is 18.2 Å². The highest BCUT2D eigenvalue weighted by molar-refractivity contribution is 7.18. The summed E-state index contributed by atoms with van der Waals surface area (Å²) < 4.78 is 6.82. The molecule has 2 N–H and O–H groups in total. The second-order valence-corrected chi connectivity index (χ2v) is 8.09. The Morgan fingerprint density at radius 3 is 2.58 bits per heavy atom. The molecule has 1 heterocycles. The Bertz CT molecular complexity index is 1220. The third-order valence-corrected chi connectivity index (χ3v) is 5.65. The summed E-state index contributed by atoms with van der Waals surface area (Å²) in [5, 5.41) is 12.6. The van der Waals surface area contributed by atoms with E-state index in [2.05, 4.69) is 10.3 Å². The summed E-state index contributed by atoms with van der Waals surface area (Å²) in [6.07, 6.45) is 0.165. The number of amides is 1. The topological polar surface area (TPSA) is 88.5 Å². The first kappa shape index (κ1) is 20.6. The normalized spacial score (nSPS) is 10.7. The average molecular weight is 433 g/mol. The van der Waals surface area contributed by atoms with Crippen molar-refractivity contribution in [2.24, 2.45) is 0 Å². The minimum absolute atomic E-state index is 0.165. The van der Waals surface area contributed by atoms with Crippen LogP contribution in [0.4, 0.5) is 0 Å². The Morgan fingerprint density at radius 1 is 0.968 bits per heavy atom. The monoisotopic (exact) mass is 432 g/mol. The largest absolute Gasteiger partial charge is 0.489 e. The molecule has 31 heavy (non-hydrogen) atoms. The summed E-state index contributed by atoms with van der Waals surface area (Å²) in [4.78, 5) is 27.9. The zero-order valence-electron chi connectivity index (χ0n) is 16.6. The van der Waals surface area contributed by atoms with E-state index in [0.29, 0.717) is 11.6 Å². The third kappa shape index (κ3) is 5.46. The molecule has 0 atom stereocenters. The maximum Gasteiger partial charge on any atom is 0.335 e. The quantitative estimate of drug-likeness (QED) is 0.430. The number of benzene rings is 3. The van der Waals surface area contributed by atoms with Crippen molar-refractivity contribution in [1.29, 1.82) is 0 Å². The second-order valence-electron chi connectivity index (χ2n) is 6.97. The van der Waals surface area contributed by atoms with Crippen molar-refractivity contribution >= 4 is 33.4 Å². The van der Waals surface area contributed by atoms with Crippen LogP contribution in [0.5, 0.6) is 5.75 Å². The smallest absolute Gasteiger partial charge is 0.335 e. The lowest BCUT2D eigenvalue weighted by atomic mass is 10.1. The van der Waals surface area contributed by atoms with Crippen LogP contribution in [0.2, 0.25) is 0 Å². The number of ether oxygens (including phenoxy) is 1. The molecule has 0 radical (unpaired) electrons. The fourth-order valence-corrected chi connectivity index (χ4v) is 4.07. The van der Waals surface area contributed by atoms with Crippen LogP contribution in [0.15, 0.2) is 72.8 Å². The van der Waals surface area contributed by atoms with Gasteiger partial charge in [0.2, 0.25) is 5.91 Å². The van der Waals surface area contributed by atoms with Crippen LogP contribution in [0.1, 0.15) is 26.5 Å². The summed E-state index contributed by atoms with van der Waals surface area (Å²) in [7, 11) is 0.